The molecule has 0 unspecified atom stereocenters. The molecule has 0 amide bonds. The molecule has 1 aliphatic rings. The topological polar surface area (TPSA) is 49.9 Å². The minimum absolute atomic E-state index is 0.0504. The Labute approximate surface area is 133 Å². The van der Waals surface area contributed by atoms with Crippen molar-refractivity contribution in [1.82, 2.24) is 9.21 Å². The van der Waals surface area contributed by atoms with Crippen molar-refractivity contribution in [2.24, 2.45) is 0 Å². The maximum atomic E-state index is 13.1. The molecule has 1 aromatic carbocycles. The second-order valence-electron chi connectivity index (χ2n) is 6.16. The van der Waals surface area contributed by atoms with Crippen molar-refractivity contribution in [2.45, 2.75) is 44.7 Å². The number of aryl methyl sites for hydroxylation is 2. The lowest BCUT2D eigenvalue weighted by atomic mass is 10.1. The van der Waals surface area contributed by atoms with E-state index in [9.17, 15) is 8.42 Å². The van der Waals surface area contributed by atoms with Crippen LogP contribution in [0.5, 0.6) is 5.75 Å². The highest BCUT2D eigenvalue weighted by molar-refractivity contribution is 7.89. The Bertz CT molecular complexity index is 658. The van der Waals surface area contributed by atoms with Gasteiger partial charge in [0.05, 0.1) is 12.0 Å². The molecule has 0 spiro atoms. The third-order valence-electron chi connectivity index (χ3n) is 4.80. The van der Waals surface area contributed by atoms with Gasteiger partial charge in [-0.05, 0) is 58.0 Å². The highest BCUT2D eigenvalue weighted by Crippen LogP contribution is 2.30. The molecule has 0 radical (unpaired) electrons. The summed E-state index contributed by atoms with van der Waals surface area (Å²) in [7, 11) is 0.138. The highest BCUT2D eigenvalue weighted by atomic mass is 32.2. The van der Waals surface area contributed by atoms with Crippen LogP contribution in [0.4, 0.5) is 0 Å². The maximum absolute atomic E-state index is 13.1. The first-order valence-corrected chi connectivity index (χ1v) is 9.01. The molecular formula is C16H26N2O3S. The van der Waals surface area contributed by atoms with Crippen molar-refractivity contribution < 1.29 is 13.2 Å². The van der Waals surface area contributed by atoms with Crippen LogP contribution in [-0.4, -0.2) is 57.0 Å². The van der Waals surface area contributed by atoms with E-state index in [-0.39, 0.29) is 12.1 Å². The van der Waals surface area contributed by atoms with E-state index in [4.69, 9.17) is 4.74 Å². The predicted octanol–water partition coefficient (Wildman–Crippen LogP) is 2.03. The Kier molecular flexibility index (Phi) is 4.84. The van der Waals surface area contributed by atoms with E-state index in [0.29, 0.717) is 11.4 Å². The van der Waals surface area contributed by atoms with Crippen LogP contribution >= 0.6 is 0 Å². The predicted molar refractivity (Wildman–Crippen MR) is 87.9 cm³/mol. The first-order chi connectivity index (χ1) is 10.2. The van der Waals surface area contributed by atoms with E-state index in [1.54, 1.807) is 23.5 Å². The van der Waals surface area contributed by atoms with E-state index in [2.05, 4.69) is 11.8 Å². The fourth-order valence-corrected chi connectivity index (χ4v) is 4.98. The van der Waals surface area contributed by atoms with E-state index in [1.807, 2.05) is 27.8 Å². The van der Waals surface area contributed by atoms with Crippen molar-refractivity contribution in [1.29, 1.82) is 0 Å². The fraction of sp³-hybridized carbons (Fsp3) is 0.625. The van der Waals surface area contributed by atoms with Crippen molar-refractivity contribution in [3.8, 4) is 5.75 Å². The number of sulfonamides is 1. The lowest BCUT2D eigenvalue weighted by molar-refractivity contribution is 0.109. The third kappa shape index (κ3) is 2.87. The number of methoxy groups -OCH3 is 1. The van der Waals surface area contributed by atoms with Gasteiger partial charge in [0.1, 0.15) is 5.75 Å². The number of benzene rings is 1. The summed E-state index contributed by atoms with van der Waals surface area (Å²) in [5.74, 6) is 0.719. The number of likely N-dealkylation sites (N-methyl/N-ethyl adjacent to an activating group) is 1. The molecule has 124 valence electrons. The van der Waals surface area contributed by atoms with Crippen LogP contribution in [0.1, 0.15) is 25.0 Å². The third-order valence-corrected chi connectivity index (χ3v) is 6.93. The summed E-state index contributed by atoms with van der Waals surface area (Å²) in [5, 5.41) is 0. The van der Waals surface area contributed by atoms with Gasteiger partial charge in [0.2, 0.25) is 10.0 Å². The maximum Gasteiger partial charge on any atom is 0.243 e. The fourth-order valence-electron chi connectivity index (χ4n) is 3.00. The van der Waals surface area contributed by atoms with E-state index >= 15 is 0 Å². The van der Waals surface area contributed by atoms with Crippen LogP contribution in [0, 0.1) is 13.8 Å². The standard InChI is InChI=1S/C16H26N2O3S/c1-11-10-16(12(2)9-15(11)21-6)22(19,20)18-8-7-17(5)13(3)14(18)4/h9-10,13-14H,7-8H2,1-6H3/t13-,14-/m1/s1. The zero-order chi connectivity index (χ0) is 16.7. The van der Waals surface area contributed by atoms with Crippen molar-refractivity contribution in [3.05, 3.63) is 23.3 Å². The number of hydrogen-bond donors (Lipinski definition) is 0. The minimum Gasteiger partial charge on any atom is -0.496 e. The lowest BCUT2D eigenvalue weighted by Crippen LogP contribution is -2.57. The van der Waals surface area contributed by atoms with Crippen LogP contribution in [0.25, 0.3) is 0 Å². The molecule has 6 heteroatoms. The molecule has 5 nitrogen and oxygen atoms in total. The molecule has 0 aliphatic carbocycles. The summed E-state index contributed by atoms with van der Waals surface area (Å²) < 4.78 is 33.1. The molecule has 2 atom stereocenters. The zero-order valence-corrected chi connectivity index (χ0v) is 15.1. The zero-order valence-electron chi connectivity index (χ0n) is 14.3. The van der Waals surface area contributed by atoms with Crippen LogP contribution in [-0.2, 0) is 10.0 Å². The smallest absolute Gasteiger partial charge is 0.243 e. The molecule has 0 saturated carbocycles. The molecular weight excluding hydrogens is 300 g/mol. The summed E-state index contributed by atoms with van der Waals surface area (Å²) in [6.45, 7) is 9.00. The average Bonchev–Trinajstić information content (AvgIpc) is 2.46. The van der Waals surface area contributed by atoms with Gasteiger partial charge in [-0.1, -0.05) is 0 Å². The summed E-state index contributed by atoms with van der Waals surface area (Å²) in [4.78, 5) is 2.58. The minimum atomic E-state index is -3.49. The van der Waals surface area contributed by atoms with Gasteiger partial charge in [0.25, 0.3) is 0 Å². The van der Waals surface area contributed by atoms with Crippen molar-refractivity contribution >= 4 is 10.0 Å². The van der Waals surface area contributed by atoms with E-state index < -0.39 is 10.0 Å². The van der Waals surface area contributed by atoms with Gasteiger partial charge >= 0.3 is 0 Å². The van der Waals surface area contributed by atoms with Gasteiger partial charge in [-0.3, -0.25) is 0 Å². The Morgan fingerprint density at radius 2 is 1.73 bits per heavy atom. The molecule has 22 heavy (non-hydrogen) atoms. The molecule has 1 aromatic rings. The van der Waals surface area contributed by atoms with Gasteiger partial charge in [-0.2, -0.15) is 4.31 Å². The lowest BCUT2D eigenvalue weighted by Gasteiger charge is -2.42. The largest absolute Gasteiger partial charge is 0.496 e. The van der Waals surface area contributed by atoms with Crippen LogP contribution in [0.2, 0.25) is 0 Å². The molecule has 1 fully saturated rings. The molecule has 1 heterocycles. The van der Waals surface area contributed by atoms with E-state index in [0.717, 1.165) is 23.4 Å². The Balaban J connectivity index is 2.45. The summed E-state index contributed by atoms with van der Waals surface area (Å²) in [5.41, 5.74) is 1.56. The number of nitrogens with zero attached hydrogens (tertiary/aromatic N) is 2. The number of rotatable bonds is 3. The molecule has 2 rings (SSSR count). The number of ether oxygens (including phenoxy) is 1. The quantitative estimate of drug-likeness (QED) is 0.853. The SMILES string of the molecule is COc1cc(C)c(S(=O)(=O)N2CCN(C)[C@H](C)[C@H]2C)cc1C. The summed E-state index contributed by atoms with van der Waals surface area (Å²) in [6.07, 6.45) is 0. The number of hydrogen-bond acceptors (Lipinski definition) is 4. The van der Waals surface area contributed by atoms with Crippen molar-refractivity contribution in [2.75, 3.05) is 27.2 Å². The van der Waals surface area contributed by atoms with Crippen LogP contribution in [0.3, 0.4) is 0 Å². The molecule has 0 bridgehead atoms. The second-order valence-corrected chi connectivity index (χ2v) is 8.02. The molecule has 0 aromatic heterocycles. The normalized spacial score (nSPS) is 24.5. The Morgan fingerprint density at radius 1 is 1.09 bits per heavy atom. The van der Waals surface area contributed by atoms with Crippen LogP contribution < -0.4 is 4.74 Å². The van der Waals surface area contributed by atoms with Crippen molar-refractivity contribution in [3.63, 3.8) is 0 Å². The van der Waals surface area contributed by atoms with E-state index in [1.165, 1.54) is 0 Å². The van der Waals surface area contributed by atoms with Gasteiger partial charge < -0.3 is 9.64 Å². The first-order valence-electron chi connectivity index (χ1n) is 7.57. The molecule has 1 aliphatic heterocycles. The Morgan fingerprint density at radius 3 is 2.32 bits per heavy atom. The summed E-state index contributed by atoms with van der Waals surface area (Å²) >= 11 is 0. The Hall–Kier alpha value is -1.11. The average molecular weight is 326 g/mol. The van der Waals surface area contributed by atoms with Gasteiger partial charge in [0.15, 0.2) is 0 Å². The highest BCUT2D eigenvalue weighted by Gasteiger charge is 2.37. The summed E-state index contributed by atoms with van der Waals surface area (Å²) in [6, 6.07) is 3.67. The monoisotopic (exact) mass is 326 g/mol. The first kappa shape index (κ1) is 17.2. The van der Waals surface area contributed by atoms with Gasteiger partial charge in [-0.15, -0.1) is 0 Å². The number of piperazine rings is 1. The van der Waals surface area contributed by atoms with Gasteiger partial charge in [0, 0.05) is 25.2 Å². The van der Waals surface area contributed by atoms with Gasteiger partial charge in [-0.25, -0.2) is 8.42 Å². The molecule has 0 N–H and O–H groups in total. The second kappa shape index (κ2) is 6.18. The molecule has 1 saturated heterocycles. The van der Waals surface area contributed by atoms with Crippen LogP contribution in [0.15, 0.2) is 17.0 Å².